The van der Waals surface area contributed by atoms with Gasteiger partial charge in [-0.25, -0.2) is 4.79 Å². The first-order chi connectivity index (χ1) is 8.86. The van der Waals surface area contributed by atoms with Crippen molar-refractivity contribution in [1.82, 2.24) is 9.88 Å². The van der Waals surface area contributed by atoms with Crippen molar-refractivity contribution in [1.29, 1.82) is 0 Å². The van der Waals surface area contributed by atoms with Gasteiger partial charge < -0.3 is 20.1 Å². The third-order valence-electron chi connectivity index (χ3n) is 2.63. The summed E-state index contributed by atoms with van der Waals surface area (Å²) in [6, 6.07) is 0.385. The summed E-state index contributed by atoms with van der Waals surface area (Å²) in [6.07, 6.45) is 1.57. The number of nitrogens with one attached hydrogen (secondary N) is 1. The molecular formula is C12H17ClN2O4. The van der Waals surface area contributed by atoms with Crippen LogP contribution in [0.15, 0.2) is 12.3 Å². The summed E-state index contributed by atoms with van der Waals surface area (Å²) in [6.45, 7) is 3.45. The molecule has 19 heavy (non-hydrogen) atoms. The molecule has 1 aromatic heterocycles. The molecule has 1 unspecified atom stereocenters. The molecule has 1 aromatic rings. The maximum absolute atomic E-state index is 12.0. The summed E-state index contributed by atoms with van der Waals surface area (Å²) in [4.78, 5) is 23.0. The number of hydrogen-bond acceptors (Lipinski definition) is 3. The number of carboxylic acids is 1. The molecule has 7 heteroatoms. The number of nitrogens with zero attached hydrogens (tertiary/aromatic N) is 1. The Morgan fingerprint density at radius 2 is 2.11 bits per heavy atom. The van der Waals surface area contributed by atoms with E-state index in [1.807, 2.05) is 13.8 Å². The predicted octanol–water partition coefficient (Wildman–Crippen LogP) is 1.29. The van der Waals surface area contributed by atoms with Crippen molar-refractivity contribution in [2.24, 2.45) is 0 Å². The number of carboxylic acid groups (broad SMARTS) is 1. The summed E-state index contributed by atoms with van der Waals surface area (Å²) in [5, 5.41) is 20.5. The second kappa shape index (κ2) is 6.58. The molecule has 3 N–H and O–H groups in total. The highest BCUT2D eigenvalue weighted by Gasteiger charge is 2.22. The Hall–Kier alpha value is -1.53. The predicted molar refractivity (Wildman–Crippen MR) is 70.4 cm³/mol. The van der Waals surface area contributed by atoms with Gasteiger partial charge in [0.25, 0.3) is 5.91 Å². The zero-order valence-corrected chi connectivity index (χ0v) is 11.5. The number of carbonyl (C=O) groups excluding carboxylic acids is 1. The quantitative estimate of drug-likeness (QED) is 0.735. The third kappa shape index (κ3) is 3.97. The Bertz CT molecular complexity index is 470. The first-order valence-electron chi connectivity index (χ1n) is 5.88. The van der Waals surface area contributed by atoms with E-state index in [-0.39, 0.29) is 19.1 Å². The first kappa shape index (κ1) is 15.5. The van der Waals surface area contributed by atoms with Crippen molar-refractivity contribution < 1.29 is 19.8 Å². The van der Waals surface area contributed by atoms with Gasteiger partial charge in [0.2, 0.25) is 0 Å². The lowest BCUT2D eigenvalue weighted by atomic mass is 10.2. The second-order valence-corrected chi connectivity index (χ2v) is 4.86. The molecule has 0 bridgehead atoms. The van der Waals surface area contributed by atoms with Crippen LogP contribution in [0.1, 0.15) is 36.8 Å². The molecule has 0 aliphatic carbocycles. The van der Waals surface area contributed by atoms with Gasteiger partial charge in [-0.15, -0.1) is 0 Å². The molecule has 0 radical (unpaired) electrons. The first-order valence-corrected chi connectivity index (χ1v) is 6.26. The van der Waals surface area contributed by atoms with Gasteiger partial charge in [0.15, 0.2) is 0 Å². The molecule has 0 fully saturated rings. The van der Waals surface area contributed by atoms with Crippen molar-refractivity contribution in [2.75, 3.05) is 6.61 Å². The van der Waals surface area contributed by atoms with Gasteiger partial charge in [-0.3, -0.25) is 4.79 Å². The van der Waals surface area contributed by atoms with Crippen LogP contribution in [-0.2, 0) is 4.79 Å². The number of aromatic nitrogens is 1. The maximum Gasteiger partial charge on any atom is 0.326 e. The topological polar surface area (TPSA) is 91.6 Å². The minimum atomic E-state index is -1.18. The van der Waals surface area contributed by atoms with Crippen LogP contribution in [0.2, 0.25) is 5.02 Å². The number of aliphatic carboxylic acids is 1. The molecule has 1 heterocycles. The van der Waals surface area contributed by atoms with E-state index in [9.17, 15) is 9.59 Å². The number of halogens is 1. The van der Waals surface area contributed by atoms with Crippen LogP contribution in [0.4, 0.5) is 0 Å². The van der Waals surface area contributed by atoms with E-state index in [1.165, 1.54) is 6.07 Å². The Labute approximate surface area is 116 Å². The molecule has 0 saturated carbocycles. The van der Waals surface area contributed by atoms with Gasteiger partial charge in [-0.1, -0.05) is 11.6 Å². The fraction of sp³-hybridized carbons (Fsp3) is 0.500. The van der Waals surface area contributed by atoms with Gasteiger partial charge in [0.1, 0.15) is 11.7 Å². The molecule has 0 aliphatic heterocycles. The van der Waals surface area contributed by atoms with E-state index in [0.717, 1.165) is 0 Å². The van der Waals surface area contributed by atoms with Gasteiger partial charge in [0, 0.05) is 25.3 Å². The van der Waals surface area contributed by atoms with Crippen LogP contribution in [0.25, 0.3) is 0 Å². The molecular weight excluding hydrogens is 272 g/mol. The molecule has 0 spiro atoms. The molecule has 1 atom stereocenters. The monoisotopic (exact) mass is 288 g/mol. The Morgan fingerprint density at radius 3 is 2.58 bits per heavy atom. The number of hydrogen-bond donors (Lipinski definition) is 3. The normalized spacial score (nSPS) is 12.5. The fourth-order valence-electron chi connectivity index (χ4n) is 1.67. The van der Waals surface area contributed by atoms with Crippen LogP contribution in [-0.4, -0.2) is 39.3 Å². The lowest BCUT2D eigenvalue weighted by molar-refractivity contribution is -0.139. The molecule has 106 valence electrons. The van der Waals surface area contributed by atoms with Gasteiger partial charge >= 0.3 is 5.97 Å². The Morgan fingerprint density at radius 1 is 1.47 bits per heavy atom. The minimum Gasteiger partial charge on any atom is -0.480 e. The zero-order chi connectivity index (χ0) is 14.6. The molecule has 1 rings (SSSR count). The highest BCUT2D eigenvalue weighted by Crippen LogP contribution is 2.19. The largest absolute Gasteiger partial charge is 0.480 e. The second-order valence-electron chi connectivity index (χ2n) is 4.42. The minimum absolute atomic E-state index is 0.0226. The van der Waals surface area contributed by atoms with Crippen LogP contribution in [0.3, 0.4) is 0 Å². The van der Waals surface area contributed by atoms with Crippen molar-refractivity contribution in [2.45, 2.75) is 32.4 Å². The summed E-state index contributed by atoms with van der Waals surface area (Å²) in [5.41, 5.74) is 0.296. The summed E-state index contributed by atoms with van der Waals surface area (Å²) in [7, 11) is 0. The average molecular weight is 289 g/mol. The van der Waals surface area contributed by atoms with Gasteiger partial charge in [-0.2, -0.15) is 0 Å². The number of amides is 1. The number of rotatable bonds is 6. The van der Waals surface area contributed by atoms with E-state index >= 15 is 0 Å². The summed E-state index contributed by atoms with van der Waals surface area (Å²) < 4.78 is 1.66. The third-order valence-corrected chi connectivity index (χ3v) is 2.83. The van der Waals surface area contributed by atoms with Crippen LogP contribution in [0.5, 0.6) is 0 Å². The maximum atomic E-state index is 12.0. The molecule has 0 aromatic carbocycles. The summed E-state index contributed by atoms with van der Waals surface area (Å²) in [5.74, 6) is -1.71. The highest BCUT2D eigenvalue weighted by atomic mass is 35.5. The van der Waals surface area contributed by atoms with Crippen LogP contribution in [0, 0.1) is 0 Å². The SMILES string of the molecule is CC(C)n1cc(Cl)cc1C(=O)NC(CCO)C(=O)O. The fourth-order valence-corrected chi connectivity index (χ4v) is 1.88. The van der Waals surface area contributed by atoms with E-state index in [0.29, 0.717) is 10.7 Å². The lowest BCUT2D eigenvalue weighted by Gasteiger charge is -2.16. The molecule has 0 aliphatic rings. The van der Waals surface area contributed by atoms with Crippen molar-refractivity contribution in [3.8, 4) is 0 Å². The van der Waals surface area contributed by atoms with Gasteiger partial charge in [-0.05, 0) is 19.9 Å². The molecule has 6 nitrogen and oxygen atoms in total. The van der Waals surface area contributed by atoms with Crippen molar-refractivity contribution in [3.63, 3.8) is 0 Å². The lowest BCUT2D eigenvalue weighted by Crippen LogP contribution is -2.42. The average Bonchev–Trinajstić information content (AvgIpc) is 2.70. The van der Waals surface area contributed by atoms with E-state index < -0.39 is 17.9 Å². The Kier molecular flexibility index (Phi) is 5.38. The molecule has 1 amide bonds. The summed E-state index contributed by atoms with van der Waals surface area (Å²) >= 11 is 5.86. The smallest absolute Gasteiger partial charge is 0.326 e. The van der Waals surface area contributed by atoms with E-state index in [2.05, 4.69) is 5.32 Å². The van der Waals surface area contributed by atoms with Crippen LogP contribution >= 0.6 is 11.6 Å². The standard InChI is InChI=1S/C12H17ClN2O4/c1-7(2)15-6-8(13)5-10(15)11(17)14-9(3-4-16)12(18)19/h5-7,9,16H,3-4H2,1-2H3,(H,14,17)(H,18,19). The van der Waals surface area contributed by atoms with Crippen molar-refractivity contribution >= 4 is 23.5 Å². The molecule has 0 saturated heterocycles. The zero-order valence-electron chi connectivity index (χ0n) is 10.8. The number of aliphatic hydroxyl groups is 1. The highest BCUT2D eigenvalue weighted by molar-refractivity contribution is 6.31. The number of carbonyl (C=O) groups is 2. The van der Waals surface area contributed by atoms with Gasteiger partial charge in [0.05, 0.1) is 5.02 Å². The van der Waals surface area contributed by atoms with E-state index in [4.69, 9.17) is 21.8 Å². The Balaban J connectivity index is 2.91. The van der Waals surface area contributed by atoms with Crippen molar-refractivity contribution in [3.05, 3.63) is 23.0 Å². The van der Waals surface area contributed by atoms with Crippen LogP contribution < -0.4 is 5.32 Å². The van der Waals surface area contributed by atoms with E-state index in [1.54, 1.807) is 10.8 Å². The number of aliphatic hydroxyl groups excluding tert-OH is 1.